The Labute approximate surface area is 169 Å². The quantitative estimate of drug-likeness (QED) is 0.682. The third kappa shape index (κ3) is 8.30. The number of nitrogens with zero attached hydrogens (tertiary/aromatic N) is 1. The van der Waals surface area contributed by atoms with E-state index in [0.717, 1.165) is 18.8 Å². The lowest BCUT2D eigenvalue weighted by atomic mass is 10.0. The van der Waals surface area contributed by atoms with E-state index in [9.17, 15) is 9.59 Å². The van der Waals surface area contributed by atoms with Gasteiger partial charge in [0.15, 0.2) is 0 Å². The lowest BCUT2D eigenvalue weighted by Crippen LogP contribution is -2.36. The highest BCUT2D eigenvalue weighted by atomic mass is 16.6. The molecular formula is C22H35N3O3. The van der Waals surface area contributed by atoms with Gasteiger partial charge in [-0.3, -0.25) is 9.69 Å². The molecule has 1 atom stereocenters. The number of nitrogens with one attached hydrogen (secondary N) is 2. The van der Waals surface area contributed by atoms with Gasteiger partial charge in [0.25, 0.3) is 0 Å². The summed E-state index contributed by atoms with van der Waals surface area (Å²) in [7, 11) is 0. The van der Waals surface area contributed by atoms with Gasteiger partial charge < -0.3 is 15.4 Å². The molecule has 156 valence electrons. The van der Waals surface area contributed by atoms with Crippen molar-refractivity contribution in [2.45, 2.75) is 78.0 Å². The summed E-state index contributed by atoms with van der Waals surface area (Å²) in [5.41, 5.74) is 1.56. The second kappa shape index (κ2) is 10.5. The normalized spacial score (nSPS) is 17.8. The molecule has 0 aromatic heterocycles. The summed E-state index contributed by atoms with van der Waals surface area (Å²) in [5, 5.41) is 5.57. The second-order valence-electron chi connectivity index (χ2n) is 8.59. The van der Waals surface area contributed by atoms with E-state index in [0.29, 0.717) is 25.4 Å². The lowest BCUT2D eigenvalue weighted by Gasteiger charge is -2.33. The average Bonchev–Trinajstić information content (AvgIpc) is 2.61. The van der Waals surface area contributed by atoms with E-state index in [1.807, 2.05) is 32.9 Å². The van der Waals surface area contributed by atoms with Gasteiger partial charge in [-0.15, -0.1) is 0 Å². The molecule has 1 heterocycles. The molecular weight excluding hydrogens is 354 g/mol. The SMILES string of the molecule is CC1CCCCN1Cc1ccc(NC(=O)CCCNC(=O)OC(C)(C)C)cc1. The number of benzene rings is 1. The van der Waals surface area contributed by atoms with E-state index in [1.54, 1.807) is 0 Å². The summed E-state index contributed by atoms with van der Waals surface area (Å²) < 4.78 is 5.16. The zero-order valence-electron chi connectivity index (χ0n) is 17.7. The molecule has 6 nitrogen and oxygen atoms in total. The van der Waals surface area contributed by atoms with Gasteiger partial charge in [0.1, 0.15) is 5.60 Å². The van der Waals surface area contributed by atoms with Crippen molar-refractivity contribution >= 4 is 17.7 Å². The molecule has 1 saturated heterocycles. The van der Waals surface area contributed by atoms with E-state index < -0.39 is 11.7 Å². The van der Waals surface area contributed by atoms with E-state index in [2.05, 4.69) is 34.6 Å². The van der Waals surface area contributed by atoms with Crippen LogP contribution in [0.15, 0.2) is 24.3 Å². The molecule has 1 aliphatic heterocycles. The lowest BCUT2D eigenvalue weighted by molar-refractivity contribution is -0.116. The Morgan fingerprint density at radius 1 is 1.18 bits per heavy atom. The van der Waals surface area contributed by atoms with Crippen LogP contribution in [0.3, 0.4) is 0 Å². The van der Waals surface area contributed by atoms with Gasteiger partial charge in [-0.1, -0.05) is 18.6 Å². The topological polar surface area (TPSA) is 70.7 Å². The van der Waals surface area contributed by atoms with Crippen LogP contribution in [-0.2, 0) is 16.1 Å². The molecule has 0 saturated carbocycles. The zero-order valence-corrected chi connectivity index (χ0v) is 17.7. The van der Waals surface area contributed by atoms with Crippen LogP contribution >= 0.6 is 0 Å². The number of hydrogen-bond acceptors (Lipinski definition) is 4. The van der Waals surface area contributed by atoms with Gasteiger partial charge in [-0.05, 0) is 71.2 Å². The molecule has 0 spiro atoms. The summed E-state index contributed by atoms with van der Waals surface area (Å²) >= 11 is 0. The molecule has 6 heteroatoms. The van der Waals surface area contributed by atoms with Crippen molar-refractivity contribution in [3.63, 3.8) is 0 Å². The predicted molar refractivity (Wildman–Crippen MR) is 112 cm³/mol. The van der Waals surface area contributed by atoms with Crippen molar-refractivity contribution in [1.29, 1.82) is 0 Å². The zero-order chi connectivity index (χ0) is 20.6. The predicted octanol–water partition coefficient (Wildman–Crippen LogP) is 4.30. The van der Waals surface area contributed by atoms with Gasteiger partial charge in [0.05, 0.1) is 0 Å². The van der Waals surface area contributed by atoms with Crippen LogP contribution in [0.4, 0.5) is 10.5 Å². The van der Waals surface area contributed by atoms with Gasteiger partial charge in [-0.25, -0.2) is 4.79 Å². The molecule has 0 aliphatic carbocycles. The molecule has 1 aliphatic rings. The summed E-state index contributed by atoms with van der Waals surface area (Å²) in [4.78, 5) is 26.1. The molecule has 2 amide bonds. The van der Waals surface area contributed by atoms with Crippen molar-refractivity contribution in [2.24, 2.45) is 0 Å². The smallest absolute Gasteiger partial charge is 0.407 e. The fraction of sp³-hybridized carbons (Fsp3) is 0.636. The number of rotatable bonds is 7. The summed E-state index contributed by atoms with van der Waals surface area (Å²) in [6, 6.07) is 8.73. The standard InChI is InChI=1S/C22H35N3O3/c1-17-8-5-6-15-25(17)16-18-10-12-19(13-11-18)24-20(26)9-7-14-23-21(27)28-22(2,3)4/h10-13,17H,5-9,14-16H2,1-4H3,(H,23,27)(H,24,26). The molecule has 0 bridgehead atoms. The molecule has 28 heavy (non-hydrogen) atoms. The first-order valence-electron chi connectivity index (χ1n) is 10.3. The number of anilines is 1. The van der Waals surface area contributed by atoms with Crippen LogP contribution in [0.2, 0.25) is 0 Å². The fourth-order valence-electron chi connectivity index (χ4n) is 3.30. The van der Waals surface area contributed by atoms with Gasteiger partial charge in [-0.2, -0.15) is 0 Å². The summed E-state index contributed by atoms with van der Waals surface area (Å²) in [6.07, 6.45) is 4.35. The number of hydrogen-bond donors (Lipinski definition) is 2. The van der Waals surface area contributed by atoms with Crippen LogP contribution in [0.1, 0.15) is 65.4 Å². The van der Waals surface area contributed by atoms with Gasteiger partial charge in [0.2, 0.25) is 5.91 Å². The maximum Gasteiger partial charge on any atom is 0.407 e. The number of alkyl carbamates (subject to hydrolysis) is 1. The maximum absolute atomic E-state index is 12.1. The summed E-state index contributed by atoms with van der Waals surface area (Å²) in [5.74, 6) is -0.0524. The third-order valence-corrected chi connectivity index (χ3v) is 4.81. The Morgan fingerprint density at radius 3 is 2.54 bits per heavy atom. The van der Waals surface area contributed by atoms with Crippen LogP contribution < -0.4 is 10.6 Å². The van der Waals surface area contributed by atoms with E-state index in [-0.39, 0.29) is 5.91 Å². The largest absolute Gasteiger partial charge is 0.444 e. The van der Waals surface area contributed by atoms with Crippen LogP contribution in [0, 0.1) is 0 Å². The van der Waals surface area contributed by atoms with Crippen molar-refractivity contribution in [3.8, 4) is 0 Å². The monoisotopic (exact) mass is 389 g/mol. The number of piperidine rings is 1. The van der Waals surface area contributed by atoms with E-state index in [1.165, 1.54) is 24.8 Å². The highest BCUT2D eigenvalue weighted by molar-refractivity contribution is 5.90. The minimum Gasteiger partial charge on any atom is -0.444 e. The molecule has 2 rings (SSSR count). The number of carbonyl (C=O) groups excluding carboxylic acids is 2. The number of likely N-dealkylation sites (tertiary alicyclic amines) is 1. The van der Waals surface area contributed by atoms with Crippen molar-refractivity contribution in [1.82, 2.24) is 10.2 Å². The van der Waals surface area contributed by atoms with E-state index in [4.69, 9.17) is 4.74 Å². The van der Waals surface area contributed by atoms with Crippen LogP contribution in [0.25, 0.3) is 0 Å². The summed E-state index contributed by atoms with van der Waals surface area (Å²) in [6.45, 7) is 10.3. The highest BCUT2D eigenvalue weighted by Gasteiger charge is 2.18. The Bertz CT molecular complexity index is 637. The average molecular weight is 390 g/mol. The molecule has 0 radical (unpaired) electrons. The minimum absolute atomic E-state index is 0.0524. The molecule has 2 N–H and O–H groups in total. The van der Waals surface area contributed by atoms with Crippen LogP contribution in [-0.4, -0.2) is 41.6 Å². The molecule has 1 aromatic carbocycles. The first-order chi connectivity index (χ1) is 13.2. The number of ether oxygens (including phenoxy) is 1. The molecule has 1 fully saturated rings. The number of amides is 2. The minimum atomic E-state index is -0.514. The second-order valence-corrected chi connectivity index (χ2v) is 8.59. The van der Waals surface area contributed by atoms with Crippen LogP contribution in [0.5, 0.6) is 0 Å². The van der Waals surface area contributed by atoms with Gasteiger partial charge in [0, 0.05) is 31.2 Å². The Hall–Kier alpha value is -2.08. The first-order valence-corrected chi connectivity index (χ1v) is 10.3. The van der Waals surface area contributed by atoms with Crippen molar-refractivity contribution in [2.75, 3.05) is 18.4 Å². The molecule has 1 unspecified atom stereocenters. The Kier molecular flexibility index (Phi) is 8.30. The first kappa shape index (κ1) is 22.2. The molecule has 1 aromatic rings. The van der Waals surface area contributed by atoms with E-state index >= 15 is 0 Å². The van der Waals surface area contributed by atoms with Crippen molar-refractivity contribution < 1.29 is 14.3 Å². The Morgan fingerprint density at radius 2 is 1.89 bits per heavy atom. The Balaban J connectivity index is 1.67. The maximum atomic E-state index is 12.1. The van der Waals surface area contributed by atoms with Gasteiger partial charge >= 0.3 is 6.09 Å². The van der Waals surface area contributed by atoms with Crippen molar-refractivity contribution in [3.05, 3.63) is 29.8 Å². The fourth-order valence-corrected chi connectivity index (χ4v) is 3.30. The third-order valence-electron chi connectivity index (χ3n) is 4.81. The number of carbonyl (C=O) groups is 2. The highest BCUT2D eigenvalue weighted by Crippen LogP contribution is 2.20.